The zero-order valence-electron chi connectivity index (χ0n) is 22.4. The molecule has 41 heavy (non-hydrogen) atoms. The molecule has 0 radical (unpaired) electrons. The molecule has 1 atom stereocenters. The van der Waals surface area contributed by atoms with Crippen LogP contribution in [-0.4, -0.2) is 45.7 Å². The molecule has 1 aliphatic heterocycles. The number of methoxy groups -OCH3 is 1. The molecule has 0 bridgehead atoms. The van der Waals surface area contributed by atoms with Crippen molar-refractivity contribution in [2.75, 3.05) is 20.3 Å². The number of carbonyl (C=O) groups excluding carboxylic acids is 1. The predicted octanol–water partition coefficient (Wildman–Crippen LogP) is 3.74. The van der Waals surface area contributed by atoms with Gasteiger partial charge in [0, 0.05) is 29.3 Å². The molecule has 2 aromatic carbocycles. The third-order valence-corrected chi connectivity index (χ3v) is 7.70. The maximum Gasteiger partial charge on any atom is 0.285 e. The van der Waals surface area contributed by atoms with Gasteiger partial charge in [-0.05, 0) is 36.2 Å². The largest absolute Gasteiger partial charge is 0.496 e. The highest BCUT2D eigenvalue weighted by molar-refractivity contribution is 7.28. The summed E-state index contributed by atoms with van der Waals surface area (Å²) in [6.07, 6.45) is 2.64. The Hall–Kier alpha value is -3.95. The van der Waals surface area contributed by atoms with Gasteiger partial charge in [0.05, 0.1) is 56.6 Å². The highest BCUT2D eigenvalue weighted by Crippen LogP contribution is 2.34. The van der Waals surface area contributed by atoms with Gasteiger partial charge in [-0.25, -0.2) is 8.78 Å². The fourth-order valence-corrected chi connectivity index (χ4v) is 5.15. The molecule has 1 unspecified atom stereocenters. The van der Waals surface area contributed by atoms with Gasteiger partial charge in [-0.1, -0.05) is 28.7 Å². The van der Waals surface area contributed by atoms with Gasteiger partial charge in [-0.3, -0.25) is 14.3 Å². The van der Waals surface area contributed by atoms with Gasteiger partial charge in [0.15, 0.2) is 0 Å². The summed E-state index contributed by atoms with van der Waals surface area (Å²) in [4.78, 5) is 25.3. The van der Waals surface area contributed by atoms with E-state index in [4.69, 9.17) is 9.47 Å². The summed E-state index contributed by atoms with van der Waals surface area (Å²) in [7, 11) is 3.75. The van der Waals surface area contributed by atoms with Crippen LogP contribution in [0.2, 0.25) is 0 Å². The molecule has 4 aromatic rings. The van der Waals surface area contributed by atoms with Crippen LogP contribution in [0.25, 0.3) is 0 Å². The SMILES string of the molecule is COc1ccc(F)c(CN(F)C(=O)c2cn(Cc3ccc(Cn4cc(F)ccc4=O)cc3)nc2C2(C)COC2)c1P. The number of carbonyl (C=O) groups is 1. The molecule has 1 aliphatic rings. The zero-order chi connectivity index (χ0) is 29.3. The first-order chi connectivity index (χ1) is 19.6. The Morgan fingerprint density at radius 1 is 1.07 bits per heavy atom. The average Bonchev–Trinajstić information content (AvgIpc) is 3.36. The van der Waals surface area contributed by atoms with E-state index in [9.17, 15) is 18.4 Å². The highest BCUT2D eigenvalue weighted by Gasteiger charge is 2.42. The lowest BCUT2D eigenvalue weighted by molar-refractivity contribution is -0.0529. The fourth-order valence-electron chi connectivity index (χ4n) is 4.71. The highest BCUT2D eigenvalue weighted by atomic mass is 31.0. The maximum absolute atomic E-state index is 15.3. The molecule has 3 heterocycles. The lowest BCUT2D eigenvalue weighted by Crippen LogP contribution is -2.45. The Bertz CT molecular complexity index is 1650. The summed E-state index contributed by atoms with van der Waals surface area (Å²) in [5.74, 6) is -1.75. The number of benzene rings is 2. The molecular formula is C29H28F3N4O4P. The monoisotopic (exact) mass is 584 g/mol. The van der Waals surface area contributed by atoms with Crippen molar-refractivity contribution in [1.29, 1.82) is 0 Å². The Labute approximate surface area is 236 Å². The molecule has 12 heteroatoms. The number of hydrogen-bond donors (Lipinski definition) is 0. The van der Waals surface area contributed by atoms with Gasteiger partial charge < -0.3 is 14.0 Å². The molecule has 1 saturated heterocycles. The van der Waals surface area contributed by atoms with Gasteiger partial charge in [0.2, 0.25) is 0 Å². The van der Waals surface area contributed by atoms with Gasteiger partial charge in [0.25, 0.3) is 11.5 Å². The van der Waals surface area contributed by atoms with E-state index in [0.29, 0.717) is 30.0 Å². The summed E-state index contributed by atoms with van der Waals surface area (Å²) in [6.45, 7) is 2.40. The van der Waals surface area contributed by atoms with E-state index in [2.05, 4.69) is 14.3 Å². The van der Waals surface area contributed by atoms with E-state index in [1.54, 1.807) is 4.68 Å². The van der Waals surface area contributed by atoms with Crippen LogP contribution in [0.3, 0.4) is 0 Å². The summed E-state index contributed by atoms with van der Waals surface area (Å²) in [6, 6.07) is 12.2. The number of nitrogens with zero attached hydrogens (tertiary/aromatic N) is 4. The first-order valence-corrected chi connectivity index (χ1v) is 13.3. The van der Waals surface area contributed by atoms with Crippen molar-refractivity contribution in [2.45, 2.75) is 32.0 Å². The maximum atomic E-state index is 15.3. The summed E-state index contributed by atoms with van der Waals surface area (Å²) in [5.41, 5.74) is 1.19. The normalized spacial score (nSPS) is 14.0. The lowest BCUT2D eigenvalue weighted by atomic mass is 9.83. The van der Waals surface area contributed by atoms with Crippen LogP contribution in [0.15, 0.2) is 65.7 Å². The van der Waals surface area contributed by atoms with Crippen LogP contribution in [0, 0.1) is 11.6 Å². The fraction of sp³-hybridized carbons (Fsp3) is 0.276. The number of amides is 1. The molecular weight excluding hydrogens is 556 g/mol. The van der Waals surface area contributed by atoms with Gasteiger partial charge in [0.1, 0.15) is 17.4 Å². The van der Waals surface area contributed by atoms with Crippen LogP contribution < -0.4 is 15.6 Å². The van der Waals surface area contributed by atoms with E-state index in [0.717, 1.165) is 29.5 Å². The van der Waals surface area contributed by atoms with Gasteiger partial charge in [-0.2, -0.15) is 10.2 Å². The molecule has 0 aliphatic carbocycles. The second kappa shape index (κ2) is 11.5. The van der Waals surface area contributed by atoms with Crippen molar-refractivity contribution in [3.63, 3.8) is 0 Å². The molecule has 2 aromatic heterocycles. The molecule has 1 amide bonds. The van der Waals surface area contributed by atoms with Crippen LogP contribution in [-0.2, 0) is 29.8 Å². The first kappa shape index (κ1) is 28.6. The molecule has 8 nitrogen and oxygen atoms in total. The van der Waals surface area contributed by atoms with Gasteiger partial charge in [-0.15, -0.1) is 9.24 Å². The minimum atomic E-state index is -0.943. The predicted molar refractivity (Wildman–Crippen MR) is 149 cm³/mol. The number of pyridine rings is 1. The van der Waals surface area contributed by atoms with E-state index < -0.39 is 29.5 Å². The van der Waals surface area contributed by atoms with E-state index >= 15 is 4.48 Å². The van der Waals surface area contributed by atoms with Crippen molar-refractivity contribution in [1.82, 2.24) is 19.5 Å². The van der Waals surface area contributed by atoms with Crippen molar-refractivity contribution in [3.05, 3.63) is 111 Å². The number of halogens is 3. The van der Waals surface area contributed by atoms with Crippen molar-refractivity contribution in [2.24, 2.45) is 0 Å². The van der Waals surface area contributed by atoms with Crippen molar-refractivity contribution < 1.29 is 27.5 Å². The van der Waals surface area contributed by atoms with Crippen LogP contribution in [0.5, 0.6) is 5.75 Å². The number of rotatable bonds is 9. The number of ether oxygens (including phenoxy) is 2. The minimum Gasteiger partial charge on any atom is -0.496 e. The number of aromatic nitrogens is 3. The molecule has 0 spiro atoms. The smallest absolute Gasteiger partial charge is 0.285 e. The van der Waals surface area contributed by atoms with Gasteiger partial charge >= 0.3 is 0 Å². The standard InChI is InChI=1S/C29H28F3N4O4P/c1-29(16-40-17-29)27-22(28(38)36(32)15-21-23(31)8-9-24(39-2)26(21)41)14-35(33-27)12-19-5-3-18(4-6-19)11-34-13-20(30)7-10-25(34)37/h3-10,13-14H,11-12,15-17,41H2,1-2H3. The summed E-state index contributed by atoms with van der Waals surface area (Å²) >= 11 is 0. The molecule has 0 saturated carbocycles. The molecule has 214 valence electrons. The quantitative estimate of drug-likeness (QED) is 0.221. The first-order valence-electron chi connectivity index (χ1n) is 12.8. The second-order valence-corrected chi connectivity index (χ2v) is 10.8. The van der Waals surface area contributed by atoms with E-state index in [1.165, 1.54) is 30.0 Å². The van der Waals surface area contributed by atoms with Crippen molar-refractivity contribution >= 4 is 20.5 Å². The Morgan fingerprint density at radius 3 is 2.39 bits per heavy atom. The summed E-state index contributed by atoms with van der Waals surface area (Å²) < 4.78 is 56.8. The second-order valence-electron chi connectivity index (χ2n) is 10.2. The Balaban J connectivity index is 1.37. The van der Waals surface area contributed by atoms with Crippen LogP contribution >= 0.6 is 9.24 Å². The third-order valence-electron chi connectivity index (χ3n) is 7.07. The molecule has 0 N–H and O–H groups in total. The van der Waals surface area contributed by atoms with E-state index in [1.807, 2.05) is 31.2 Å². The average molecular weight is 585 g/mol. The summed E-state index contributed by atoms with van der Waals surface area (Å²) in [5, 5.41) is 4.92. The minimum absolute atomic E-state index is 0.0158. The topological polar surface area (TPSA) is 78.6 Å². The van der Waals surface area contributed by atoms with E-state index in [-0.39, 0.29) is 34.9 Å². The Morgan fingerprint density at radius 2 is 1.76 bits per heavy atom. The molecule has 5 rings (SSSR count). The lowest BCUT2D eigenvalue weighted by Gasteiger charge is -2.37. The Kier molecular flexibility index (Phi) is 8.02. The van der Waals surface area contributed by atoms with Crippen LogP contribution in [0.4, 0.5) is 13.3 Å². The molecule has 1 fully saturated rings. The van der Waals surface area contributed by atoms with Crippen molar-refractivity contribution in [3.8, 4) is 5.75 Å². The number of hydrogen-bond acceptors (Lipinski definition) is 5. The third kappa shape index (κ3) is 5.92. The zero-order valence-corrected chi connectivity index (χ0v) is 23.6. The van der Waals surface area contributed by atoms with Crippen LogP contribution in [0.1, 0.15) is 39.7 Å².